The van der Waals surface area contributed by atoms with Crippen LogP contribution < -0.4 is 10.2 Å². The molecule has 0 bridgehead atoms. The molecule has 0 aliphatic carbocycles. The van der Waals surface area contributed by atoms with Crippen molar-refractivity contribution in [2.24, 2.45) is 0 Å². The minimum absolute atomic E-state index is 0.154. The van der Waals surface area contributed by atoms with Crippen molar-refractivity contribution in [3.63, 3.8) is 0 Å². The summed E-state index contributed by atoms with van der Waals surface area (Å²) in [4.78, 5) is 21.4. The largest absolute Gasteiger partial charge is 0.367 e. The van der Waals surface area contributed by atoms with Crippen LogP contribution in [0.1, 0.15) is 34.7 Å². The van der Waals surface area contributed by atoms with Crippen LogP contribution in [0, 0.1) is 0 Å². The molecular weight excluding hydrogens is 324 g/mol. The van der Waals surface area contributed by atoms with Crippen LogP contribution in [0.25, 0.3) is 0 Å². The van der Waals surface area contributed by atoms with E-state index in [1.807, 2.05) is 29.3 Å². The first-order valence-electron chi connectivity index (χ1n) is 9.56. The van der Waals surface area contributed by atoms with Gasteiger partial charge in [0.1, 0.15) is 0 Å². The Kier molecular flexibility index (Phi) is 5.16. The number of pyridine rings is 1. The van der Waals surface area contributed by atoms with E-state index in [1.54, 1.807) is 6.20 Å². The first kappa shape index (κ1) is 17.0. The summed E-state index contributed by atoms with van der Waals surface area (Å²) >= 11 is 0. The first-order valence-corrected chi connectivity index (χ1v) is 9.56. The zero-order valence-electron chi connectivity index (χ0n) is 15.1. The Morgan fingerprint density at radius 3 is 2.73 bits per heavy atom. The van der Waals surface area contributed by atoms with Crippen molar-refractivity contribution in [3.8, 4) is 0 Å². The molecule has 1 N–H and O–H groups in total. The molecule has 26 heavy (non-hydrogen) atoms. The number of anilines is 1. The van der Waals surface area contributed by atoms with Crippen molar-refractivity contribution in [1.82, 2.24) is 15.2 Å². The summed E-state index contributed by atoms with van der Waals surface area (Å²) in [6, 6.07) is 12.3. The third-order valence-corrected chi connectivity index (χ3v) is 5.48. The normalized spacial score (nSPS) is 20.8. The predicted molar refractivity (Wildman–Crippen MR) is 104 cm³/mol. The molecule has 0 radical (unpaired) electrons. The van der Waals surface area contributed by atoms with Gasteiger partial charge in [0.25, 0.3) is 5.91 Å². The van der Waals surface area contributed by atoms with Crippen LogP contribution in [-0.4, -0.2) is 55.1 Å². The highest BCUT2D eigenvalue weighted by atomic mass is 16.2. The molecule has 1 amide bonds. The van der Waals surface area contributed by atoms with Crippen LogP contribution in [0.5, 0.6) is 0 Å². The third kappa shape index (κ3) is 3.73. The summed E-state index contributed by atoms with van der Waals surface area (Å²) in [5.41, 5.74) is 3.24. The number of carbonyl (C=O) groups is 1. The SMILES string of the molecule is O=C(c1cccc(C2CCCNC2)c1)N1CCN(c2cccnc2)CC1. The van der Waals surface area contributed by atoms with Gasteiger partial charge in [-0.2, -0.15) is 0 Å². The van der Waals surface area contributed by atoms with Crippen molar-refractivity contribution in [1.29, 1.82) is 0 Å². The number of nitrogens with one attached hydrogen (secondary N) is 1. The number of hydrogen-bond donors (Lipinski definition) is 1. The Morgan fingerprint density at radius 2 is 2.00 bits per heavy atom. The van der Waals surface area contributed by atoms with Crippen LogP contribution >= 0.6 is 0 Å². The van der Waals surface area contributed by atoms with Gasteiger partial charge in [-0.25, -0.2) is 0 Å². The number of aromatic nitrogens is 1. The highest BCUT2D eigenvalue weighted by Crippen LogP contribution is 2.24. The van der Waals surface area contributed by atoms with Crippen LogP contribution in [0.3, 0.4) is 0 Å². The molecule has 0 spiro atoms. The average molecular weight is 350 g/mol. The molecule has 5 nitrogen and oxygen atoms in total. The molecular formula is C21H26N4O. The lowest BCUT2D eigenvalue weighted by molar-refractivity contribution is 0.0746. The van der Waals surface area contributed by atoms with E-state index in [1.165, 1.54) is 18.4 Å². The van der Waals surface area contributed by atoms with Crippen molar-refractivity contribution < 1.29 is 4.79 Å². The van der Waals surface area contributed by atoms with E-state index in [2.05, 4.69) is 33.4 Å². The average Bonchev–Trinajstić information content (AvgIpc) is 2.75. The number of rotatable bonds is 3. The minimum atomic E-state index is 0.154. The predicted octanol–water partition coefficient (Wildman–Crippen LogP) is 2.51. The van der Waals surface area contributed by atoms with E-state index in [9.17, 15) is 4.79 Å². The van der Waals surface area contributed by atoms with Crippen molar-refractivity contribution >= 4 is 11.6 Å². The molecule has 2 saturated heterocycles. The minimum Gasteiger partial charge on any atom is -0.367 e. The number of benzene rings is 1. The van der Waals surface area contributed by atoms with E-state index in [0.717, 1.165) is 50.5 Å². The van der Waals surface area contributed by atoms with Gasteiger partial charge in [0.05, 0.1) is 11.9 Å². The zero-order chi connectivity index (χ0) is 17.8. The number of piperazine rings is 1. The Morgan fingerprint density at radius 1 is 1.12 bits per heavy atom. The van der Waals surface area contributed by atoms with Gasteiger partial charge < -0.3 is 15.1 Å². The number of piperidine rings is 1. The van der Waals surface area contributed by atoms with Crippen LogP contribution in [0.15, 0.2) is 48.8 Å². The maximum absolute atomic E-state index is 13.0. The Bertz CT molecular complexity index is 735. The number of amides is 1. The molecule has 0 saturated carbocycles. The molecule has 2 aliphatic rings. The quantitative estimate of drug-likeness (QED) is 0.924. The second kappa shape index (κ2) is 7.87. The van der Waals surface area contributed by atoms with Gasteiger partial charge >= 0.3 is 0 Å². The second-order valence-electron chi connectivity index (χ2n) is 7.16. The number of hydrogen-bond acceptors (Lipinski definition) is 4. The highest BCUT2D eigenvalue weighted by molar-refractivity contribution is 5.94. The fraction of sp³-hybridized carbons (Fsp3) is 0.429. The van der Waals surface area contributed by atoms with Crippen LogP contribution in [0.4, 0.5) is 5.69 Å². The standard InChI is InChI=1S/C21H26N4O/c26-21(18-5-1-4-17(14-18)19-6-2-8-22-15-19)25-12-10-24(11-13-25)20-7-3-9-23-16-20/h1,3-5,7,9,14,16,19,22H,2,6,8,10-13,15H2. The van der Waals surface area contributed by atoms with E-state index in [0.29, 0.717) is 5.92 Å². The number of carbonyl (C=O) groups excluding carboxylic acids is 1. The van der Waals surface area contributed by atoms with Gasteiger partial charge in [-0.05, 0) is 55.1 Å². The topological polar surface area (TPSA) is 48.5 Å². The lowest BCUT2D eigenvalue weighted by atomic mass is 9.90. The summed E-state index contributed by atoms with van der Waals surface area (Å²) in [5.74, 6) is 0.681. The molecule has 1 aromatic carbocycles. The molecule has 2 fully saturated rings. The van der Waals surface area contributed by atoms with Crippen LogP contribution in [-0.2, 0) is 0 Å². The molecule has 2 aromatic rings. The van der Waals surface area contributed by atoms with Crippen LogP contribution in [0.2, 0.25) is 0 Å². The van der Waals surface area contributed by atoms with Gasteiger partial charge in [-0.1, -0.05) is 12.1 Å². The van der Waals surface area contributed by atoms with Gasteiger partial charge in [-0.15, -0.1) is 0 Å². The summed E-state index contributed by atoms with van der Waals surface area (Å²) in [7, 11) is 0. The van der Waals surface area contributed by atoms with Gasteiger partial charge in [0.15, 0.2) is 0 Å². The number of nitrogens with zero attached hydrogens (tertiary/aromatic N) is 3. The Labute approximate surface area is 155 Å². The molecule has 1 atom stereocenters. The smallest absolute Gasteiger partial charge is 0.253 e. The maximum Gasteiger partial charge on any atom is 0.253 e. The highest BCUT2D eigenvalue weighted by Gasteiger charge is 2.23. The fourth-order valence-electron chi connectivity index (χ4n) is 3.95. The molecule has 4 rings (SSSR count). The summed E-state index contributed by atoms with van der Waals surface area (Å²) in [6.07, 6.45) is 6.09. The van der Waals surface area contributed by atoms with Gasteiger partial charge in [-0.3, -0.25) is 9.78 Å². The maximum atomic E-state index is 13.0. The lowest BCUT2D eigenvalue weighted by Gasteiger charge is -2.36. The summed E-state index contributed by atoms with van der Waals surface area (Å²) in [6.45, 7) is 5.33. The van der Waals surface area contributed by atoms with Gasteiger partial charge in [0, 0.05) is 44.5 Å². The molecule has 3 heterocycles. The molecule has 136 valence electrons. The third-order valence-electron chi connectivity index (χ3n) is 5.48. The Hall–Kier alpha value is -2.40. The zero-order valence-corrected chi connectivity index (χ0v) is 15.1. The fourth-order valence-corrected chi connectivity index (χ4v) is 3.95. The molecule has 1 aromatic heterocycles. The lowest BCUT2D eigenvalue weighted by Crippen LogP contribution is -2.48. The first-order chi connectivity index (χ1) is 12.8. The second-order valence-corrected chi connectivity index (χ2v) is 7.16. The van der Waals surface area contributed by atoms with Crippen molar-refractivity contribution in [2.45, 2.75) is 18.8 Å². The van der Waals surface area contributed by atoms with E-state index in [4.69, 9.17) is 0 Å². The van der Waals surface area contributed by atoms with Crippen molar-refractivity contribution in [2.75, 3.05) is 44.2 Å². The molecule has 1 unspecified atom stereocenters. The van der Waals surface area contributed by atoms with E-state index in [-0.39, 0.29) is 5.91 Å². The van der Waals surface area contributed by atoms with Crippen molar-refractivity contribution in [3.05, 3.63) is 59.9 Å². The molecule has 5 heteroatoms. The summed E-state index contributed by atoms with van der Waals surface area (Å²) < 4.78 is 0. The summed E-state index contributed by atoms with van der Waals surface area (Å²) in [5, 5.41) is 3.46. The monoisotopic (exact) mass is 350 g/mol. The molecule has 2 aliphatic heterocycles. The Balaban J connectivity index is 1.40. The van der Waals surface area contributed by atoms with E-state index < -0.39 is 0 Å². The van der Waals surface area contributed by atoms with E-state index >= 15 is 0 Å². The van der Waals surface area contributed by atoms with Gasteiger partial charge in [0.2, 0.25) is 0 Å².